The van der Waals surface area contributed by atoms with Crippen LogP contribution in [0.1, 0.15) is 77.7 Å². The number of halogens is 3. The average molecular weight is 544 g/mol. The standard InChI is InChI=1S/C27H40F3N3O5/c1-25(2,3)38-24(36)31-22(19-34)23(35)13-11-9-7-5-4-6-8-10-12-18-37-21-16-14-20(15-17-21)26(32-33-26)27(28,29)30/h11,13-17,22-23,34-35H,4-10,12,18-19H2,1-3H3,(H,31,36)/t22-,23+/m0/s1. The lowest BCUT2D eigenvalue weighted by Crippen LogP contribution is -2.47. The van der Waals surface area contributed by atoms with E-state index in [9.17, 15) is 28.2 Å². The van der Waals surface area contributed by atoms with E-state index in [4.69, 9.17) is 9.47 Å². The van der Waals surface area contributed by atoms with Gasteiger partial charge in [-0.2, -0.15) is 13.2 Å². The highest BCUT2D eigenvalue weighted by molar-refractivity contribution is 5.68. The molecule has 0 radical (unpaired) electrons. The minimum atomic E-state index is -4.53. The Labute approximate surface area is 222 Å². The van der Waals surface area contributed by atoms with E-state index >= 15 is 0 Å². The Morgan fingerprint density at radius 3 is 2.13 bits per heavy atom. The Morgan fingerprint density at radius 2 is 1.61 bits per heavy atom. The van der Waals surface area contributed by atoms with Gasteiger partial charge in [0.2, 0.25) is 0 Å². The van der Waals surface area contributed by atoms with Gasteiger partial charge in [0, 0.05) is 5.56 Å². The van der Waals surface area contributed by atoms with Crippen LogP contribution < -0.4 is 10.1 Å². The van der Waals surface area contributed by atoms with E-state index < -0.39 is 42.3 Å². The monoisotopic (exact) mass is 543 g/mol. The van der Waals surface area contributed by atoms with Gasteiger partial charge in [-0.3, -0.25) is 0 Å². The zero-order valence-corrected chi connectivity index (χ0v) is 22.3. The summed E-state index contributed by atoms with van der Waals surface area (Å²) >= 11 is 0. The number of amides is 1. The first-order valence-corrected chi connectivity index (χ1v) is 13.1. The zero-order chi connectivity index (χ0) is 28.2. The van der Waals surface area contributed by atoms with Crippen molar-refractivity contribution >= 4 is 6.09 Å². The highest BCUT2D eigenvalue weighted by Crippen LogP contribution is 2.52. The molecule has 0 saturated carbocycles. The van der Waals surface area contributed by atoms with Gasteiger partial charge in [-0.1, -0.05) is 56.4 Å². The first kappa shape index (κ1) is 31.6. The van der Waals surface area contributed by atoms with Crippen LogP contribution in [0.4, 0.5) is 18.0 Å². The minimum absolute atomic E-state index is 0.00595. The second kappa shape index (κ2) is 14.5. The quantitative estimate of drug-likeness (QED) is 0.171. The van der Waals surface area contributed by atoms with E-state index in [0.29, 0.717) is 12.4 Å². The molecular weight excluding hydrogens is 503 g/mol. The van der Waals surface area contributed by atoms with Gasteiger partial charge in [0.1, 0.15) is 11.4 Å². The number of benzene rings is 1. The van der Waals surface area contributed by atoms with E-state index in [2.05, 4.69) is 15.5 Å². The molecule has 2 rings (SSSR count). The van der Waals surface area contributed by atoms with Crippen LogP contribution in [0.15, 0.2) is 46.6 Å². The molecule has 1 aromatic rings. The summed E-state index contributed by atoms with van der Waals surface area (Å²) in [6.07, 6.45) is 5.17. The molecule has 1 aromatic carbocycles. The van der Waals surface area contributed by atoms with E-state index in [-0.39, 0.29) is 5.56 Å². The van der Waals surface area contributed by atoms with Crippen molar-refractivity contribution in [3.8, 4) is 5.75 Å². The first-order chi connectivity index (χ1) is 17.9. The van der Waals surface area contributed by atoms with Gasteiger partial charge in [-0.15, -0.1) is 10.2 Å². The normalized spacial score (nSPS) is 16.3. The van der Waals surface area contributed by atoms with Gasteiger partial charge < -0.3 is 25.0 Å². The molecule has 0 aliphatic carbocycles. The molecule has 11 heteroatoms. The van der Waals surface area contributed by atoms with Crippen molar-refractivity contribution in [1.82, 2.24) is 5.32 Å². The number of unbranched alkanes of at least 4 members (excludes halogenated alkanes) is 7. The smallest absolute Gasteiger partial charge is 0.442 e. The summed E-state index contributed by atoms with van der Waals surface area (Å²) in [4.78, 5) is 11.8. The molecule has 0 spiro atoms. The summed E-state index contributed by atoms with van der Waals surface area (Å²) in [5.74, 6) is 0.524. The number of alkyl carbamates (subject to hydrolysis) is 1. The Hall–Kier alpha value is -2.66. The van der Waals surface area contributed by atoms with Crippen LogP contribution >= 0.6 is 0 Å². The van der Waals surface area contributed by atoms with Crippen molar-refractivity contribution in [2.24, 2.45) is 10.2 Å². The fraction of sp³-hybridized carbons (Fsp3) is 0.667. The third kappa shape index (κ3) is 10.6. The summed E-state index contributed by atoms with van der Waals surface area (Å²) in [6.45, 7) is 5.30. The van der Waals surface area contributed by atoms with E-state index in [0.717, 1.165) is 51.4 Å². The Bertz CT molecular complexity index is 908. The molecule has 2 atom stereocenters. The zero-order valence-electron chi connectivity index (χ0n) is 22.3. The molecule has 1 heterocycles. The van der Waals surface area contributed by atoms with Crippen molar-refractivity contribution in [2.45, 2.75) is 102 Å². The molecule has 0 unspecified atom stereocenters. The second-order valence-electron chi connectivity index (χ2n) is 10.4. The van der Waals surface area contributed by atoms with Crippen molar-refractivity contribution in [1.29, 1.82) is 0 Å². The number of ether oxygens (including phenoxy) is 2. The topological polar surface area (TPSA) is 113 Å². The first-order valence-electron chi connectivity index (χ1n) is 13.1. The fourth-order valence-corrected chi connectivity index (χ4v) is 3.73. The van der Waals surface area contributed by atoms with Crippen molar-refractivity contribution in [3.05, 3.63) is 42.0 Å². The average Bonchev–Trinajstić information content (AvgIpc) is 3.65. The van der Waals surface area contributed by atoms with Crippen LogP contribution in [0.25, 0.3) is 0 Å². The number of carbonyl (C=O) groups excluding carboxylic acids is 1. The number of allylic oxidation sites excluding steroid dienone is 1. The molecule has 1 aliphatic rings. The number of aliphatic hydroxyl groups excluding tert-OH is 2. The van der Waals surface area contributed by atoms with Gasteiger partial charge in [-0.25, -0.2) is 4.79 Å². The summed E-state index contributed by atoms with van der Waals surface area (Å²) < 4.78 is 49.8. The third-order valence-electron chi connectivity index (χ3n) is 5.88. The maximum absolute atomic E-state index is 13.0. The number of nitrogens with one attached hydrogen (secondary N) is 1. The summed E-state index contributed by atoms with van der Waals surface area (Å²) in [5.41, 5.74) is -3.06. The SMILES string of the molecule is CC(C)(C)OC(=O)N[C@@H](CO)[C@H](O)C=CCCCCCCCCCOc1ccc(C2(C(F)(F)F)N=N2)cc1. The van der Waals surface area contributed by atoms with E-state index in [1.807, 2.05) is 6.08 Å². The number of aliphatic hydroxyl groups is 2. The molecule has 0 bridgehead atoms. The van der Waals surface area contributed by atoms with Crippen LogP contribution in [0.3, 0.4) is 0 Å². The van der Waals surface area contributed by atoms with Crippen LogP contribution in [-0.4, -0.2) is 53.4 Å². The molecule has 38 heavy (non-hydrogen) atoms. The van der Waals surface area contributed by atoms with Gasteiger partial charge >= 0.3 is 17.9 Å². The Morgan fingerprint density at radius 1 is 1.03 bits per heavy atom. The second-order valence-corrected chi connectivity index (χ2v) is 10.4. The number of hydrogen-bond donors (Lipinski definition) is 3. The Balaban J connectivity index is 1.48. The maximum atomic E-state index is 13.0. The number of alkyl halides is 3. The largest absolute Gasteiger partial charge is 0.494 e. The van der Waals surface area contributed by atoms with Crippen molar-refractivity contribution in [3.63, 3.8) is 0 Å². The van der Waals surface area contributed by atoms with E-state index in [1.165, 1.54) is 24.3 Å². The van der Waals surface area contributed by atoms with Gasteiger partial charge in [0.25, 0.3) is 0 Å². The van der Waals surface area contributed by atoms with E-state index in [1.54, 1.807) is 26.8 Å². The molecule has 8 nitrogen and oxygen atoms in total. The predicted octanol–water partition coefficient (Wildman–Crippen LogP) is 6.17. The van der Waals surface area contributed by atoms with Crippen LogP contribution in [0.2, 0.25) is 0 Å². The van der Waals surface area contributed by atoms with Crippen molar-refractivity contribution < 1.29 is 37.7 Å². The van der Waals surface area contributed by atoms with Crippen LogP contribution in [-0.2, 0) is 10.4 Å². The minimum Gasteiger partial charge on any atom is -0.494 e. The molecule has 3 N–H and O–H groups in total. The third-order valence-corrected chi connectivity index (χ3v) is 5.88. The number of hydrogen-bond acceptors (Lipinski definition) is 7. The lowest BCUT2D eigenvalue weighted by atomic mass is 10.0. The summed E-state index contributed by atoms with van der Waals surface area (Å²) in [7, 11) is 0. The Kier molecular flexibility index (Phi) is 12.0. The molecule has 0 aromatic heterocycles. The predicted molar refractivity (Wildman–Crippen MR) is 137 cm³/mol. The summed E-state index contributed by atoms with van der Waals surface area (Å²) in [5, 5.41) is 28.5. The number of carbonyl (C=O) groups is 1. The highest BCUT2D eigenvalue weighted by Gasteiger charge is 2.65. The molecule has 0 saturated heterocycles. The number of nitrogens with zero attached hydrogens (tertiary/aromatic N) is 2. The lowest BCUT2D eigenvalue weighted by Gasteiger charge is -2.24. The van der Waals surface area contributed by atoms with Crippen molar-refractivity contribution in [2.75, 3.05) is 13.2 Å². The molecule has 214 valence electrons. The molecule has 1 amide bonds. The summed E-state index contributed by atoms with van der Waals surface area (Å²) in [6, 6.07) is 4.90. The van der Waals surface area contributed by atoms with Crippen LogP contribution in [0, 0.1) is 0 Å². The number of rotatable bonds is 16. The lowest BCUT2D eigenvalue weighted by molar-refractivity contribution is -0.166. The van der Waals surface area contributed by atoms with Crippen LogP contribution in [0.5, 0.6) is 5.75 Å². The molecule has 0 fully saturated rings. The van der Waals surface area contributed by atoms with Gasteiger partial charge in [0.05, 0.1) is 25.4 Å². The van der Waals surface area contributed by atoms with Gasteiger partial charge in [-0.05, 0) is 52.2 Å². The van der Waals surface area contributed by atoms with Gasteiger partial charge in [0.15, 0.2) is 0 Å². The molecular formula is C27H40F3N3O5. The maximum Gasteiger partial charge on any atom is 0.442 e. The highest BCUT2D eigenvalue weighted by atomic mass is 19.4. The molecule has 1 aliphatic heterocycles. The fourth-order valence-electron chi connectivity index (χ4n) is 3.73.